The SMILES string of the molecule is O=C(NC(=O)c1c(F)cccc1F)Nc1cc(Cl)c(OC(F)(F)C(F)C(F)(F)F)c(Cl)c1F.O=C(NC(=O)c1c(F)cccc1F)Nc1ccc(CO/N=C(\c2ccc(Cl)cc2)C2CC2)cc1.O=C(NC(=O)c1c(F)cccc1F)Nc1ccc(Cl)c(Oc2ncc(C(F)(F)F)cc2Cl)c1.O=C(NC(=O)c1c(F)cccc1F)Nc1ccc(Oc2ccc(C(F)(F)F)cc2Cl)cc1F. The first-order valence-electron chi connectivity index (χ1n) is 36.2. The fraction of sp³-hybridized carbons (Fsp3) is 0.108. The molecule has 8 N–H and O–H groups in total. The lowest BCUT2D eigenvalue weighted by atomic mass is 10.1. The van der Waals surface area contributed by atoms with Gasteiger partial charge in [-0.2, -0.15) is 48.3 Å². The average Bonchev–Trinajstić information content (AvgIpc) is 1.60. The van der Waals surface area contributed by atoms with Gasteiger partial charge in [-0.1, -0.05) is 123 Å². The van der Waals surface area contributed by atoms with Crippen molar-refractivity contribution in [2.45, 2.75) is 50.3 Å². The predicted molar refractivity (Wildman–Crippen MR) is 435 cm³/mol. The Kier molecular flexibility index (Phi) is 34.4. The van der Waals surface area contributed by atoms with E-state index >= 15 is 0 Å². The zero-order valence-electron chi connectivity index (χ0n) is 65.1. The van der Waals surface area contributed by atoms with E-state index in [0.29, 0.717) is 53.2 Å². The summed E-state index contributed by atoms with van der Waals surface area (Å²) < 4.78 is 305. The number of rotatable bonds is 20. The van der Waals surface area contributed by atoms with Crippen LogP contribution in [0.25, 0.3) is 0 Å². The number of urea groups is 4. The minimum Gasteiger partial charge on any atom is -0.456 e. The summed E-state index contributed by atoms with van der Waals surface area (Å²) in [6.45, 7) is 0.224. The number of anilines is 4. The molecule has 1 aromatic heterocycles. The van der Waals surface area contributed by atoms with E-state index in [1.54, 1.807) is 40.2 Å². The number of pyridine rings is 1. The lowest BCUT2D eigenvalue weighted by molar-refractivity contribution is -0.305. The normalized spacial score (nSPS) is 12.1. The van der Waals surface area contributed by atoms with Gasteiger partial charge in [0.25, 0.3) is 29.8 Å². The molecule has 11 aromatic rings. The molecular weight excluding hydrogens is 1960 g/mol. The van der Waals surface area contributed by atoms with Crippen LogP contribution < -0.4 is 56.7 Å². The Hall–Kier alpha value is -13.8. The van der Waals surface area contributed by atoms with Gasteiger partial charge in [0.1, 0.15) is 109 Å². The van der Waals surface area contributed by atoms with Gasteiger partial charge in [-0.05, 0) is 151 Å². The number of nitrogens with one attached hydrogen (secondary N) is 8. The molecule has 1 aliphatic rings. The maximum absolute atomic E-state index is 14.3. The summed E-state index contributed by atoms with van der Waals surface area (Å²) >= 11 is 34.4. The molecule has 10 aromatic carbocycles. The van der Waals surface area contributed by atoms with E-state index in [9.17, 15) is 135 Å². The Bertz CT molecular complexity index is 6210. The minimum atomic E-state index is -6.05. The van der Waals surface area contributed by atoms with Crippen LogP contribution in [0.1, 0.15) is 76.5 Å². The van der Waals surface area contributed by atoms with Crippen LogP contribution in [0.2, 0.25) is 30.1 Å². The molecule has 0 saturated heterocycles. The summed E-state index contributed by atoms with van der Waals surface area (Å²) in [4.78, 5) is 105. The van der Waals surface area contributed by atoms with Crippen molar-refractivity contribution in [3.05, 3.63) is 327 Å². The second kappa shape index (κ2) is 44.4. The Morgan fingerprint density at radius 1 is 0.421 bits per heavy atom. The monoisotopic (exact) mass is 2000 g/mol. The third-order valence-electron chi connectivity index (χ3n) is 16.8. The number of ether oxygens (including phenoxy) is 3. The third kappa shape index (κ3) is 28.6. The van der Waals surface area contributed by atoms with Gasteiger partial charge in [-0.15, -0.1) is 0 Å². The maximum atomic E-state index is 14.3. The van der Waals surface area contributed by atoms with Crippen LogP contribution in [0.4, 0.5) is 139 Å². The molecule has 0 aliphatic heterocycles. The van der Waals surface area contributed by atoms with Gasteiger partial charge >= 0.3 is 48.8 Å². The van der Waals surface area contributed by atoms with Gasteiger partial charge in [-0.3, -0.25) is 40.4 Å². The highest BCUT2D eigenvalue weighted by molar-refractivity contribution is 6.38. The van der Waals surface area contributed by atoms with Crippen molar-refractivity contribution in [2.75, 3.05) is 21.3 Å². The van der Waals surface area contributed by atoms with E-state index in [-0.39, 0.29) is 39.6 Å². The van der Waals surface area contributed by atoms with Crippen molar-refractivity contribution < 1.29 is 154 Å². The number of aromatic nitrogens is 1. The Morgan fingerprint density at radius 3 is 1.29 bits per heavy atom. The second-order valence-electron chi connectivity index (χ2n) is 26.3. The zero-order chi connectivity index (χ0) is 98.1. The molecule has 22 nitrogen and oxygen atoms in total. The standard InChI is InChI=1S/C25H20ClF2N3O3.C21H11ClF6N2O3.C20H10Cl2F5N3O3.C17H7Cl2F9N2O3/c26-18-10-8-17(9-11-18)23(16-6-7-16)31-34-14-15-4-12-19(13-5-15)29-25(33)30-24(32)22-20(27)2-1-3-21(22)28;22-12-8-10(21(26,27)28)4-7-17(12)33-11-5-6-16(15(25)9-11)29-20(32)30-19(31)18-13(23)2-1-3-14(18)24;21-11-5-4-10(29-19(32)30-17(31)16-13(23)2-1-3-14(16)24)7-15(11)33-18-12(22)6-9(8-28-18)20(25,26)27;18-5-4-8(29-15(32)30-13(31)9-6(20)2-1-3-7(9)21)11(22)10(19)12(5)33-17(27,28)14(23)16(24,25)26/h1-5,8-13,16H,6-7,14H2,(H2,29,30,32,33);1-9H,(H2,29,30,31,32);1-8H,(H2,29,30,31,32);1-4,14H,(H2,29,30,31,32)/b31-23-;;;. The van der Waals surface area contributed by atoms with E-state index in [2.05, 4.69) is 25.5 Å². The Morgan fingerprint density at radius 2 is 0.857 bits per heavy atom. The summed E-state index contributed by atoms with van der Waals surface area (Å²) in [6, 6.07) is 29.9. The topological polar surface area (TPSA) is 295 Å². The molecular formula is C83H48Cl6F22N10O12. The largest absolute Gasteiger partial charge is 0.456 e. The number of benzene rings is 10. The fourth-order valence-corrected chi connectivity index (χ4v) is 11.7. The van der Waals surface area contributed by atoms with Crippen molar-refractivity contribution in [1.82, 2.24) is 26.3 Å². The number of amides is 12. The minimum absolute atomic E-state index is 0.0109. The van der Waals surface area contributed by atoms with E-state index in [1.165, 1.54) is 17.4 Å². The van der Waals surface area contributed by atoms with E-state index < -0.39 is 208 Å². The molecule has 1 saturated carbocycles. The van der Waals surface area contributed by atoms with Gasteiger partial charge in [0.2, 0.25) is 5.88 Å². The molecule has 12 rings (SSSR count). The van der Waals surface area contributed by atoms with Crippen LogP contribution in [-0.4, -0.2) is 76.9 Å². The third-order valence-corrected chi connectivity index (χ3v) is 18.5. The molecule has 0 spiro atoms. The molecule has 1 fully saturated rings. The fourth-order valence-electron chi connectivity index (χ4n) is 10.5. The molecule has 1 heterocycles. The number of oxime groups is 1. The molecule has 0 radical (unpaired) electrons. The number of carbonyl (C=O) groups is 8. The van der Waals surface area contributed by atoms with E-state index in [1.807, 2.05) is 34.9 Å². The van der Waals surface area contributed by atoms with Crippen LogP contribution in [0.5, 0.6) is 28.9 Å². The number of imide groups is 4. The molecule has 12 amide bonds. The lowest BCUT2D eigenvalue weighted by Crippen LogP contribution is -2.45. The summed E-state index contributed by atoms with van der Waals surface area (Å²) in [5.41, 5.74) is -4.40. The number of hydrogen-bond donors (Lipinski definition) is 8. The summed E-state index contributed by atoms with van der Waals surface area (Å²) in [6.07, 6.45) is -23.1. The van der Waals surface area contributed by atoms with Crippen molar-refractivity contribution in [1.29, 1.82) is 0 Å². The molecule has 0 bridgehead atoms. The molecule has 1 atom stereocenters. The van der Waals surface area contributed by atoms with Crippen LogP contribution in [0.15, 0.2) is 199 Å². The number of hydrogen-bond acceptors (Lipinski definition) is 14. The summed E-state index contributed by atoms with van der Waals surface area (Å²) in [7, 11) is 0. The van der Waals surface area contributed by atoms with Gasteiger partial charge in [0.15, 0.2) is 11.6 Å². The molecule has 133 heavy (non-hydrogen) atoms. The van der Waals surface area contributed by atoms with Crippen molar-refractivity contribution in [3.63, 3.8) is 0 Å². The van der Waals surface area contributed by atoms with Crippen LogP contribution in [-0.2, 0) is 23.8 Å². The first kappa shape index (κ1) is 103. The van der Waals surface area contributed by atoms with Crippen molar-refractivity contribution in [2.24, 2.45) is 11.1 Å². The van der Waals surface area contributed by atoms with Crippen LogP contribution >= 0.6 is 69.6 Å². The molecule has 50 heteroatoms. The Balaban J connectivity index is 0.000000199. The highest BCUT2D eigenvalue weighted by atomic mass is 35.5. The van der Waals surface area contributed by atoms with Gasteiger partial charge in [-0.25, -0.2) is 72.5 Å². The first-order valence-corrected chi connectivity index (χ1v) is 38.4. The van der Waals surface area contributed by atoms with Gasteiger partial charge in [0.05, 0.1) is 43.3 Å². The summed E-state index contributed by atoms with van der Waals surface area (Å²) in [5, 5.41) is 16.6. The zero-order valence-corrected chi connectivity index (χ0v) is 69.7. The van der Waals surface area contributed by atoms with Crippen LogP contribution in [0, 0.1) is 64.1 Å². The lowest BCUT2D eigenvalue weighted by Gasteiger charge is -2.24. The second-order valence-corrected chi connectivity index (χ2v) is 28.8. The average molecular weight is 2010 g/mol. The molecule has 1 aliphatic carbocycles. The maximum Gasteiger partial charge on any atom is 0.439 e. The van der Waals surface area contributed by atoms with Gasteiger partial charge in [0, 0.05) is 40.6 Å². The predicted octanol–water partition coefficient (Wildman–Crippen LogP) is 25.1. The Labute approximate surface area is 760 Å². The molecule has 1 unspecified atom stereocenters. The van der Waals surface area contributed by atoms with Gasteiger partial charge < -0.3 is 40.3 Å². The van der Waals surface area contributed by atoms with Crippen molar-refractivity contribution >= 4 is 146 Å². The number of alkyl halides is 12. The summed E-state index contributed by atoms with van der Waals surface area (Å²) in [5.74, 6) is -19.9. The molecule has 698 valence electrons. The number of halogens is 28. The number of nitrogens with zero attached hydrogens (tertiary/aromatic N) is 2. The smallest absolute Gasteiger partial charge is 0.439 e. The number of carbonyl (C=O) groups excluding carboxylic acids is 8. The highest BCUT2D eigenvalue weighted by Gasteiger charge is 2.60. The first-order chi connectivity index (χ1) is 62.4. The van der Waals surface area contributed by atoms with E-state index in [4.69, 9.17) is 83.9 Å². The van der Waals surface area contributed by atoms with Crippen LogP contribution in [0.3, 0.4) is 0 Å². The van der Waals surface area contributed by atoms with E-state index in [0.717, 1.165) is 127 Å². The van der Waals surface area contributed by atoms with Crippen molar-refractivity contribution in [3.8, 4) is 28.9 Å². The quantitative estimate of drug-likeness (QED) is 0.0153. The highest BCUT2D eigenvalue weighted by Crippen LogP contribution is 2.46.